The average molecular weight is 956 g/mol. The minimum Gasteiger partial charge on any atom is -0.462 e. The van der Waals surface area contributed by atoms with Gasteiger partial charge in [-0.05, 0) is 103 Å². The predicted octanol–water partition coefficient (Wildman–Crippen LogP) is 18.9. The average Bonchev–Trinajstić information content (AvgIpc) is 3.35. The highest BCUT2D eigenvalue weighted by Crippen LogP contribution is 2.14. The van der Waals surface area contributed by atoms with Gasteiger partial charge in [-0.2, -0.15) is 0 Å². The molecular formula is C63H102O6. The number of rotatable bonds is 49. The van der Waals surface area contributed by atoms with E-state index < -0.39 is 6.10 Å². The number of esters is 3. The molecule has 390 valence electrons. The molecule has 0 aromatic rings. The van der Waals surface area contributed by atoms with Crippen molar-refractivity contribution in [3.05, 3.63) is 122 Å². The number of ether oxygens (including phenoxy) is 3. The normalized spacial score (nSPS) is 13.0. The summed E-state index contributed by atoms with van der Waals surface area (Å²) in [5.74, 6) is -0.966. The fourth-order valence-corrected chi connectivity index (χ4v) is 7.36. The third-order valence-electron chi connectivity index (χ3n) is 11.6. The monoisotopic (exact) mass is 955 g/mol. The predicted molar refractivity (Wildman–Crippen MR) is 297 cm³/mol. The molecule has 0 N–H and O–H groups in total. The van der Waals surface area contributed by atoms with Crippen LogP contribution in [0.15, 0.2) is 122 Å². The Kier molecular flexibility index (Phi) is 53.0. The zero-order valence-corrected chi connectivity index (χ0v) is 44.5. The summed E-state index contributed by atoms with van der Waals surface area (Å²) in [6, 6.07) is 0. The Labute approximate surface area is 424 Å². The lowest BCUT2D eigenvalue weighted by atomic mass is 10.1. The third kappa shape index (κ3) is 54.6. The van der Waals surface area contributed by atoms with Crippen molar-refractivity contribution in [2.75, 3.05) is 13.2 Å². The number of carbonyl (C=O) groups is 3. The molecule has 0 rings (SSSR count). The molecule has 0 heterocycles. The summed E-state index contributed by atoms with van der Waals surface area (Å²) in [6.45, 7) is 6.39. The second-order valence-corrected chi connectivity index (χ2v) is 18.3. The van der Waals surface area contributed by atoms with E-state index in [0.29, 0.717) is 19.3 Å². The number of hydrogen-bond acceptors (Lipinski definition) is 6. The van der Waals surface area contributed by atoms with Gasteiger partial charge in [0.1, 0.15) is 13.2 Å². The van der Waals surface area contributed by atoms with E-state index >= 15 is 0 Å². The molecule has 0 aliphatic carbocycles. The van der Waals surface area contributed by atoms with Gasteiger partial charge in [-0.15, -0.1) is 0 Å². The van der Waals surface area contributed by atoms with Gasteiger partial charge < -0.3 is 14.2 Å². The van der Waals surface area contributed by atoms with Crippen molar-refractivity contribution in [2.45, 2.75) is 245 Å². The van der Waals surface area contributed by atoms with Crippen molar-refractivity contribution in [3.8, 4) is 0 Å². The van der Waals surface area contributed by atoms with Crippen LogP contribution < -0.4 is 0 Å². The van der Waals surface area contributed by atoms with Gasteiger partial charge in [0, 0.05) is 19.3 Å². The third-order valence-corrected chi connectivity index (χ3v) is 11.6. The molecule has 1 unspecified atom stereocenters. The van der Waals surface area contributed by atoms with Crippen LogP contribution in [0.3, 0.4) is 0 Å². The van der Waals surface area contributed by atoms with Gasteiger partial charge in [-0.3, -0.25) is 14.4 Å². The van der Waals surface area contributed by atoms with Crippen LogP contribution >= 0.6 is 0 Å². The van der Waals surface area contributed by atoms with E-state index in [1.54, 1.807) is 0 Å². The van der Waals surface area contributed by atoms with Gasteiger partial charge in [-0.25, -0.2) is 0 Å². The molecule has 0 aliphatic rings. The van der Waals surface area contributed by atoms with Crippen molar-refractivity contribution < 1.29 is 28.6 Å². The van der Waals surface area contributed by atoms with Crippen LogP contribution in [0.4, 0.5) is 0 Å². The fourth-order valence-electron chi connectivity index (χ4n) is 7.36. The minimum atomic E-state index is -0.808. The lowest BCUT2D eigenvalue weighted by Crippen LogP contribution is -2.30. The molecule has 6 heteroatoms. The maximum absolute atomic E-state index is 12.9. The van der Waals surface area contributed by atoms with Gasteiger partial charge in [0.15, 0.2) is 6.10 Å². The summed E-state index contributed by atoms with van der Waals surface area (Å²) in [6.07, 6.45) is 77.4. The molecule has 0 aliphatic heterocycles. The zero-order valence-electron chi connectivity index (χ0n) is 44.5. The zero-order chi connectivity index (χ0) is 50.0. The van der Waals surface area contributed by atoms with Crippen LogP contribution in [0.2, 0.25) is 0 Å². The molecule has 0 amide bonds. The van der Waals surface area contributed by atoms with E-state index in [0.717, 1.165) is 96.3 Å². The van der Waals surface area contributed by atoms with Crippen LogP contribution in [0.25, 0.3) is 0 Å². The first kappa shape index (κ1) is 64.8. The van der Waals surface area contributed by atoms with Gasteiger partial charge in [0.05, 0.1) is 0 Å². The SMILES string of the molecule is CC\C=C/C=C\C=C/C=C\C=C\C=C/CCCCCC(=O)OCC(COC(=O)CCCCCCCCC/C=C\C/C=C\CCCCC)OC(=O)CCCCCCCCC/C=C\C/C=C\CCCCC. The van der Waals surface area contributed by atoms with E-state index in [1.807, 2.05) is 60.8 Å². The van der Waals surface area contributed by atoms with Crippen LogP contribution in [-0.2, 0) is 28.6 Å². The summed E-state index contributed by atoms with van der Waals surface area (Å²) in [5.41, 5.74) is 0. The van der Waals surface area contributed by atoms with Crippen molar-refractivity contribution in [2.24, 2.45) is 0 Å². The summed E-state index contributed by atoms with van der Waals surface area (Å²) < 4.78 is 16.8. The fraction of sp³-hybridized carbons (Fsp3) is 0.635. The first-order chi connectivity index (χ1) is 34.0. The van der Waals surface area contributed by atoms with Crippen molar-refractivity contribution in [1.29, 1.82) is 0 Å². The molecule has 0 saturated heterocycles. The highest BCUT2D eigenvalue weighted by molar-refractivity contribution is 5.71. The Bertz CT molecular complexity index is 1470. The molecule has 0 bridgehead atoms. The van der Waals surface area contributed by atoms with E-state index in [-0.39, 0.29) is 31.1 Å². The highest BCUT2D eigenvalue weighted by atomic mass is 16.6. The number of hydrogen-bond donors (Lipinski definition) is 0. The first-order valence-electron chi connectivity index (χ1n) is 28.1. The maximum Gasteiger partial charge on any atom is 0.306 e. The lowest BCUT2D eigenvalue weighted by molar-refractivity contribution is -0.167. The molecule has 0 aromatic heterocycles. The molecule has 69 heavy (non-hydrogen) atoms. The maximum atomic E-state index is 12.9. The van der Waals surface area contributed by atoms with Crippen LogP contribution in [0.1, 0.15) is 239 Å². The Morgan fingerprint density at radius 2 is 0.623 bits per heavy atom. The van der Waals surface area contributed by atoms with Crippen LogP contribution in [0, 0.1) is 0 Å². The summed E-state index contributed by atoms with van der Waals surface area (Å²) in [4.78, 5) is 38.2. The highest BCUT2D eigenvalue weighted by Gasteiger charge is 2.19. The van der Waals surface area contributed by atoms with Gasteiger partial charge in [-0.1, -0.05) is 239 Å². The molecule has 6 nitrogen and oxygen atoms in total. The molecule has 0 saturated carbocycles. The molecule has 0 radical (unpaired) electrons. The lowest BCUT2D eigenvalue weighted by Gasteiger charge is -2.18. The van der Waals surface area contributed by atoms with E-state index in [2.05, 4.69) is 81.5 Å². The number of unbranched alkanes of at least 4 members (excludes halogenated alkanes) is 23. The Hall–Kier alpha value is -4.19. The number of allylic oxidation sites excluding steroid dienone is 20. The quantitative estimate of drug-likeness (QED) is 0.0199. The largest absolute Gasteiger partial charge is 0.462 e. The second-order valence-electron chi connectivity index (χ2n) is 18.3. The Balaban J connectivity index is 4.52. The standard InChI is InChI=1S/C63H102O6/c1-4-7-10-13-16-19-22-25-28-31-34-37-40-43-46-49-52-55-61(64)67-58-60(69-63(66)57-54-51-48-45-42-39-36-33-30-27-24-21-18-15-12-9-6-3)59-68-62(65)56-53-50-47-44-41-38-35-32-29-26-23-20-17-14-11-8-5-2/h7,10,13,16-22,25-31,34,37,40,60H,4-6,8-9,11-12,14-15,23-24,32-33,35-36,38-39,41-59H2,1-3H3/b10-7-,16-13-,20-17-,21-18-,22-19-,28-25-,29-26-,30-27-,34-31+,40-37-. The van der Waals surface area contributed by atoms with Crippen LogP contribution in [0.5, 0.6) is 0 Å². The molecular weight excluding hydrogens is 853 g/mol. The summed E-state index contributed by atoms with van der Waals surface area (Å²) >= 11 is 0. The Morgan fingerprint density at radius 1 is 0.319 bits per heavy atom. The minimum absolute atomic E-state index is 0.103. The second kappa shape index (κ2) is 56.4. The molecule has 0 aromatic carbocycles. The molecule has 0 fully saturated rings. The summed E-state index contributed by atoms with van der Waals surface area (Å²) in [7, 11) is 0. The molecule has 1 atom stereocenters. The van der Waals surface area contributed by atoms with Crippen molar-refractivity contribution in [1.82, 2.24) is 0 Å². The van der Waals surface area contributed by atoms with Gasteiger partial charge >= 0.3 is 17.9 Å². The van der Waals surface area contributed by atoms with Gasteiger partial charge in [0.2, 0.25) is 0 Å². The van der Waals surface area contributed by atoms with Gasteiger partial charge in [0.25, 0.3) is 0 Å². The van der Waals surface area contributed by atoms with E-state index in [9.17, 15) is 14.4 Å². The smallest absolute Gasteiger partial charge is 0.306 e. The van der Waals surface area contributed by atoms with Crippen molar-refractivity contribution >= 4 is 17.9 Å². The summed E-state index contributed by atoms with van der Waals surface area (Å²) in [5, 5.41) is 0. The first-order valence-corrected chi connectivity index (χ1v) is 28.1. The molecule has 0 spiro atoms. The topological polar surface area (TPSA) is 78.9 Å². The Morgan fingerprint density at radius 3 is 1.01 bits per heavy atom. The van der Waals surface area contributed by atoms with Crippen molar-refractivity contribution in [3.63, 3.8) is 0 Å². The van der Waals surface area contributed by atoms with E-state index in [4.69, 9.17) is 14.2 Å². The van der Waals surface area contributed by atoms with E-state index in [1.165, 1.54) is 103 Å². The van der Waals surface area contributed by atoms with Crippen LogP contribution in [-0.4, -0.2) is 37.2 Å². The number of carbonyl (C=O) groups excluding carboxylic acids is 3.